The highest BCUT2D eigenvalue weighted by molar-refractivity contribution is 7.90. The van der Waals surface area contributed by atoms with E-state index in [1.54, 1.807) is 42.5 Å². The molecular formula is C31H24F3NO3S. The zero-order chi connectivity index (χ0) is 27.6. The summed E-state index contributed by atoms with van der Waals surface area (Å²) in [5.74, 6) is 0.500. The van der Waals surface area contributed by atoms with Crippen molar-refractivity contribution in [1.29, 1.82) is 0 Å². The molecule has 0 atom stereocenters. The Kier molecular flexibility index (Phi) is 7.14. The third-order valence-electron chi connectivity index (χ3n) is 6.37. The first-order valence-electron chi connectivity index (χ1n) is 12.1. The molecule has 8 heteroatoms. The largest absolute Gasteiger partial charge is 0.489 e. The monoisotopic (exact) mass is 547 g/mol. The van der Waals surface area contributed by atoms with Gasteiger partial charge in [-0.15, -0.1) is 0 Å². The Labute approximate surface area is 224 Å². The minimum atomic E-state index is -4.55. The van der Waals surface area contributed by atoms with Gasteiger partial charge in [0.25, 0.3) is 0 Å². The Morgan fingerprint density at radius 1 is 0.821 bits per heavy atom. The van der Waals surface area contributed by atoms with Crippen molar-refractivity contribution in [3.8, 4) is 16.9 Å². The highest BCUT2D eigenvalue weighted by Crippen LogP contribution is 2.39. The Balaban J connectivity index is 1.57. The fourth-order valence-corrected chi connectivity index (χ4v) is 5.25. The molecular weight excluding hydrogens is 523 g/mol. The number of fused-ring (bicyclic) bond motifs is 1. The summed E-state index contributed by atoms with van der Waals surface area (Å²) in [4.78, 5) is 4.46. The summed E-state index contributed by atoms with van der Waals surface area (Å²) >= 11 is 0. The Hall–Kier alpha value is -4.17. The van der Waals surface area contributed by atoms with Crippen LogP contribution in [-0.4, -0.2) is 19.7 Å². The van der Waals surface area contributed by atoms with Crippen LogP contribution in [0.15, 0.2) is 108 Å². The summed E-state index contributed by atoms with van der Waals surface area (Å²) in [5.41, 5.74) is 2.91. The fraction of sp³-hybridized carbons (Fsp3) is 0.129. The van der Waals surface area contributed by atoms with Gasteiger partial charge in [0.1, 0.15) is 12.4 Å². The maximum absolute atomic E-state index is 13.8. The average molecular weight is 548 g/mol. The van der Waals surface area contributed by atoms with Crippen molar-refractivity contribution in [2.75, 3.05) is 6.26 Å². The summed E-state index contributed by atoms with van der Waals surface area (Å²) in [6, 6.07) is 27.4. The number of pyridine rings is 1. The predicted octanol–water partition coefficient (Wildman–Crippen LogP) is 7.49. The molecule has 0 spiro atoms. The van der Waals surface area contributed by atoms with Crippen molar-refractivity contribution in [3.63, 3.8) is 0 Å². The molecule has 0 radical (unpaired) electrons. The smallest absolute Gasteiger partial charge is 0.418 e. The number of hydrogen-bond donors (Lipinski definition) is 0. The highest BCUT2D eigenvalue weighted by Gasteiger charge is 2.33. The van der Waals surface area contributed by atoms with Crippen molar-refractivity contribution in [2.24, 2.45) is 0 Å². The van der Waals surface area contributed by atoms with E-state index in [9.17, 15) is 21.6 Å². The molecule has 0 N–H and O–H groups in total. The number of para-hydroxylation sites is 1. The van der Waals surface area contributed by atoms with E-state index in [1.165, 1.54) is 18.3 Å². The van der Waals surface area contributed by atoms with Gasteiger partial charge < -0.3 is 4.74 Å². The van der Waals surface area contributed by atoms with E-state index < -0.39 is 21.6 Å². The van der Waals surface area contributed by atoms with Gasteiger partial charge in [0.05, 0.1) is 16.0 Å². The van der Waals surface area contributed by atoms with Gasteiger partial charge in [-0.1, -0.05) is 66.7 Å². The standard InChI is InChI=1S/C31H24F3NO3S/c1-39(36,37)26-13-5-10-22(17-26)20-38-25-12-6-11-23(18-25)29-24(16-21-8-3-2-4-9-21)19-35-30-27(29)14-7-15-28(30)31(32,33)34/h2-15,17-19H,16,20H2,1H3. The third kappa shape index (κ3) is 5.96. The quantitative estimate of drug-likeness (QED) is 0.212. The molecule has 0 amide bonds. The summed E-state index contributed by atoms with van der Waals surface area (Å²) in [5, 5.41) is 0.399. The van der Waals surface area contributed by atoms with E-state index in [1.807, 2.05) is 36.4 Å². The SMILES string of the molecule is CS(=O)(=O)c1cccc(COc2cccc(-c3c(Cc4ccccc4)cnc4c(C(F)(F)F)cccc34)c2)c1. The van der Waals surface area contributed by atoms with Crippen LogP contribution in [0.3, 0.4) is 0 Å². The van der Waals surface area contributed by atoms with E-state index in [0.29, 0.717) is 34.2 Å². The van der Waals surface area contributed by atoms with Gasteiger partial charge in [0.2, 0.25) is 0 Å². The minimum absolute atomic E-state index is 0.110. The lowest BCUT2D eigenvalue weighted by atomic mass is 9.92. The van der Waals surface area contributed by atoms with Gasteiger partial charge in [-0.3, -0.25) is 4.98 Å². The predicted molar refractivity (Wildman–Crippen MR) is 145 cm³/mol. The van der Waals surface area contributed by atoms with E-state index in [4.69, 9.17) is 4.74 Å². The maximum atomic E-state index is 13.8. The zero-order valence-corrected chi connectivity index (χ0v) is 21.8. The summed E-state index contributed by atoms with van der Waals surface area (Å²) in [7, 11) is -3.36. The maximum Gasteiger partial charge on any atom is 0.418 e. The van der Waals surface area contributed by atoms with Crippen molar-refractivity contribution >= 4 is 20.7 Å². The molecule has 0 aliphatic heterocycles. The van der Waals surface area contributed by atoms with Gasteiger partial charge in [-0.25, -0.2) is 8.42 Å². The first kappa shape index (κ1) is 26.4. The summed E-state index contributed by atoms with van der Waals surface area (Å²) < 4.78 is 71.3. The molecule has 4 nitrogen and oxygen atoms in total. The number of halogens is 3. The van der Waals surface area contributed by atoms with Crippen LogP contribution in [0.2, 0.25) is 0 Å². The summed E-state index contributed by atoms with van der Waals surface area (Å²) in [6.45, 7) is 0.124. The van der Waals surface area contributed by atoms with Crippen LogP contribution >= 0.6 is 0 Å². The number of benzene rings is 4. The van der Waals surface area contributed by atoms with Crippen LogP contribution in [-0.2, 0) is 29.0 Å². The molecule has 198 valence electrons. The van der Waals surface area contributed by atoms with E-state index in [-0.39, 0.29) is 17.0 Å². The van der Waals surface area contributed by atoms with Gasteiger partial charge in [-0.05, 0) is 64.6 Å². The minimum Gasteiger partial charge on any atom is -0.489 e. The molecule has 0 saturated heterocycles. The third-order valence-corrected chi connectivity index (χ3v) is 7.48. The average Bonchev–Trinajstić information content (AvgIpc) is 2.91. The number of alkyl halides is 3. The van der Waals surface area contributed by atoms with Crippen molar-refractivity contribution in [3.05, 3.63) is 126 Å². The van der Waals surface area contributed by atoms with E-state index in [2.05, 4.69) is 4.98 Å². The molecule has 0 fully saturated rings. The van der Waals surface area contributed by atoms with Crippen molar-refractivity contribution in [2.45, 2.75) is 24.1 Å². The second-order valence-electron chi connectivity index (χ2n) is 9.26. The second kappa shape index (κ2) is 10.5. The normalized spacial score (nSPS) is 12.0. The first-order valence-corrected chi connectivity index (χ1v) is 14.0. The zero-order valence-electron chi connectivity index (χ0n) is 20.9. The van der Waals surface area contributed by atoms with Crippen molar-refractivity contribution in [1.82, 2.24) is 4.98 Å². The van der Waals surface area contributed by atoms with Crippen LogP contribution in [0.4, 0.5) is 13.2 Å². The molecule has 5 rings (SSSR count). The van der Waals surface area contributed by atoms with Crippen molar-refractivity contribution < 1.29 is 26.3 Å². The van der Waals surface area contributed by atoms with Gasteiger partial charge >= 0.3 is 6.18 Å². The second-order valence-corrected chi connectivity index (χ2v) is 11.3. The lowest BCUT2D eigenvalue weighted by Crippen LogP contribution is -2.07. The molecule has 39 heavy (non-hydrogen) atoms. The van der Waals surface area contributed by atoms with Gasteiger partial charge in [0, 0.05) is 17.8 Å². The fourth-order valence-electron chi connectivity index (χ4n) is 4.56. The molecule has 0 bridgehead atoms. The highest BCUT2D eigenvalue weighted by atomic mass is 32.2. The lowest BCUT2D eigenvalue weighted by molar-refractivity contribution is -0.136. The molecule has 1 heterocycles. The molecule has 0 unspecified atom stereocenters. The number of aromatic nitrogens is 1. The number of ether oxygens (including phenoxy) is 1. The lowest BCUT2D eigenvalue weighted by Gasteiger charge is -2.17. The molecule has 4 aromatic carbocycles. The Bertz CT molecular complexity index is 1750. The molecule has 1 aromatic heterocycles. The molecule has 0 aliphatic rings. The number of rotatable bonds is 7. The van der Waals surface area contributed by atoms with Crippen LogP contribution < -0.4 is 4.74 Å². The van der Waals surface area contributed by atoms with E-state index in [0.717, 1.165) is 23.4 Å². The number of nitrogens with zero attached hydrogens (tertiary/aromatic N) is 1. The molecule has 0 aliphatic carbocycles. The first-order chi connectivity index (χ1) is 18.6. The number of hydrogen-bond acceptors (Lipinski definition) is 4. The van der Waals surface area contributed by atoms with Gasteiger partial charge in [-0.2, -0.15) is 13.2 Å². The topological polar surface area (TPSA) is 56.3 Å². The number of sulfone groups is 1. The summed E-state index contributed by atoms with van der Waals surface area (Å²) in [6.07, 6.45) is -1.40. The molecule has 5 aromatic rings. The van der Waals surface area contributed by atoms with Crippen LogP contribution in [0.25, 0.3) is 22.0 Å². The van der Waals surface area contributed by atoms with E-state index >= 15 is 0 Å². The van der Waals surface area contributed by atoms with Crippen LogP contribution in [0, 0.1) is 0 Å². The Morgan fingerprint density at radius 3 is 2.28 bits per heavy atom. The van der Waals surface area contributed by atoms with Crippen LogP contribution in [0.5, 0.6) is 5.75 Å². The Morgan fingerprint density at radius 2 is 1.54 bits per heavy atom. The van der Waals surface area contributed by atoms with Gasteiger partial charge in [0.15, 0.2) is 9.84 Å². The van der Waals surface area contributed by atoms with Crippen LogP contribution in [0.1, 0.15) is 22.3 Å². The molecule has 0 saturated carbocycles.